The minimum absolute atomic E-state index is 0.138. The number of likely N-dealkylation sites (tertiary alicyclic amines) is 1. The van der Waals surface area contributed by atoms with Crippen LogP contribution in [0.2, 0.25) is 0 Å². The Morgan fingerprint density at radius 2 is 2.08 bits per heavy atom. The molecule has 134 valence electrons. The van der Waals surface area contributed by atoms with Crippen molar-refractivity contribution in [1.82, 2.24) is 14.9 Å². The summed E-state index contributed by atoms with van der Waals surface area (Å²) < 4.78 is 5.86. The van der Waals surface area contributed by atoms with Crippen LogP contribution < -0.4 is 4.74 Å². The number of carboxylic acids is 1. The first-order chi connectivity index (χ1) is 12.5. The first kappa shape index (κ1) is 16.5. The molecule has 7 heteroatoms. The number of rotatable bonds is 2. The summed E-state index contributed by atoms with van der Waals surface area (Å²) in [5, 5.41) is 10.0. The molecule has 2 aromatic rings. The fourth-order valence-electron chi connectivity index (χ4n) is 3.85. The maximum absolute atomic E-state index is 12.8. The van der Waals surface area contributed by atoms with Crippen molar-refractivity contribution in [3.05, 3.63) is 53.6 Å². The number of hydrogen-bond acceptors (Lipinski definition) is 5. The highest BCUT2D eigenvalue weighted by Crippen LogP contribution is 2.44. The first-order valence-electron chi connectivity index (χ1n) is 8.51. The van der Waals surface area contributed by atoms with Crippen LogP contribution in [0.15, 0.2) is 36.7 Å². The van der Waals surface area contributed by atoms with Crippen LogP contribution in [0.4, 0.5) is 0 Å². The van der Waals surface area contributed by atoms with Crippen LogP contribution in [0.25, 0.3) is 0 Å². The Morgan fingerprint density at radius 1 is 1.27 bits per heavy atom. The molecule has 1 N–H and O–H groups in total. The van der Waals surface area contributed by atoms with E-state index in [0.29, 0.717) is 13.0 Å². The quantitative estimate of drug-likeness (QED) is 0.881. The van der Waals surface area contributed by atoms with Crippen molar-refractivity contribution >= 4 is 11.9 Å². The zero-order chi connectivity index (χ0) is 18.3. The van der Waals surface area contributed by atoms with Gasteiger partial charge < -0.3 is 14.7 Å². The summed E-state index contributed by atoms with van der Waals surface area (Å²) in [6.07, 6.45) is 3.31. The number of aromatic nitrogens is 2. The number of aryl methyl sites for hydroxylation is 1. The lowest BCUT2D eigenvalue weighted by molar-refractivity contribution is -0.150. The Hall–Kier alpha value is -2.96. The Labute approximate surface area is 150 Å². The number of fused-ring (bicyclic) bond motifs is 2. The molecule has 1 aromatic carbocycles. The molecule has 1 fully saturated rings. The van der Waals surface area contributed by atoms with Crippen molar-refractivity contribution < 1.29 is 19.4 Å². The van der Waals surface area contributed by atoms with Crippen molar-refractivity contribution in [3.63, 3.8) is 0 Å². The number of benzene rings is 1. The Bertz CT molecular complexity index is 867. The number of hydrogen-bond donors (Lipinski definition) is 1. The van der Waals surface area contributed by atoms with E-state index in [1.54, 1.807) is 11.8 Å². The third-order valence-corrected chi connectivity index (χ3v) is 5.33. The van der Waals surface area contributed by atoms with Crippen LogP contribution in [-0.2, 0) is 11.2 Å². The van der Waals surface area contributed by atoms with E-state index in [2.05, 4.69) is 9.97 Å². The molecule has 2 atom stereocenters. The van der Waals surface area contributed by atoms with E-state index in [1.165, 1.54) is 12.4 Å². The fourth-order valence-corrected chi connectivity index (χ4v) is 3.85. The van der Waals surface area contributed by atoms with Crippen molar-refractivity contribution in [1.29, 1.82) is 0 Å². The predicted octanol–water partition coefficient (Wildman–Crippen LogP) is 1.56. The SMILES string of the molecule is Cc1cnc(C(=O)N2CC3COc4ccccc4C[C@@]3(C(=O)O)C2)cn1. The summed E-state index contributed by atoms with van der Waals surface area (Å²) in [5.74, 6) is -0.743. The lowest BCUT2D eigenvalue weighted by Crippen LogP contribution is -2.42. The number of ether oxygens (including phenoxy) is 1. The average molecular weight is 353 g/mol. The zero-order valence-corrected chi connectivity index (χ0v) is 14.4. The lowest BCUT2D eigenvalue weighted by atomic mass is 9.74. The molecule has 3 heterocycles. The smallest absolute Gasteiger partial charge is 0.312 e. The third-order valence-electron chi connectivity index (χ3n) is 5.33. The van der Waals surface area contributed by atoms with Crippen LogP contribution in [0.3, 0.4) is 0 Å². The van der Waals surface area contributed by atoms with Gasteiger partial charge in [0.1, 0.15) is 11.4 Å². The number of carbonyl (C=O) groups is 2. The van der Waals surface area contributed by atoms with Crippen molar-refractivity contribution in [3.8, 4) is 5.75 Å². The maximum atomic E-state index is 12.8. The topological polar surface area (TPSA) is 92.6 Å². The van der Waals surface area contributed by atoms with E-state index < -0.39 is 11.4 Å². The van der Waals surface area contributed by atoms with Crippen molar-refractivity contribution in [2.24, 2.45) is 11.3 Å². The Kier molecular flexibility index (Phi) is 3.86. The van der Waals surface area contributed by atoms with Gasteiger partial charge in [-0.15, -0.1) is 0 Å². The first-order valence-corrected chi connectivity index (χ1v) is 8.51. The van der Waals surface area contributed by atoms with Crippen LogP contribution in [0.5, 0.6) is 5.75 Å². The molecule has 1 aromatic heterocycles. The van der Waals surface area contributed by atoms with E-state index in [9.17, 15) is 14.7 Å². The predicted molar refractivity (Wildman–Crippen MR) is 91.9 cm³/mol. The van der Waals surface area contributed by atoms with Gasteiger partial charge in [0.15, 0.2) is 0 Å². The largest absolute Gasteiger partial charge is 0.493 e. The highest BCUT2D eigenvalue weighted by Gasteiger charge is 2.55. The molecule has 1 unspecified atom stereocenters. The van der Waals surface area contributed by atoms with E-state index >= 15 is 0 Å². The Balaban J connectivity index is 1.65. The number of aliphatic carboxylic acids is 1. The molecule has 2 aliphatic heterocycles. The van der Waals surface area contributed by atoms with Crippen LogP contribution in [0, 0.1) is 18.3 Å². The van der Waals surface area contributed by atoms with Crippen LogP contribution >= 0.6 is 0 Å². The second-order valence-corrected chi connectivity index (χ2v) is 6.98. The van der Waals surface area contributed by atoms with Gasteiger partial charge in [0.25, 0.3) is 5.91 Å². The molecule has 7 nitrogen and oxygen atoms in total. The lowest BCUT2D eigenvalue weighted by Gasteiger charge is -2.27. The standard InChI is InChI=1S/C19H19N3O4/c1-12-7-21-15(8-20-12)17(23)22-9-14-10-26-16-5-3-2-4-13(16)6-19(14,11-22)18(24)25/h2-5,7-8,14H,6,9-11H2,1H3,(H,24,25)/t14?,19-/m1/s1. The summed E-state index contributed by atoms with van der Waals surface area (Å²) in [7, 11) is 0. The van der Waals surface area contributed by atoms with Gasteiger partial charge in [-0.05, 0) is 25.0 Å². The second kappa shape index (κ2) is 6.09. The van der Waals surface area contributed by atoms with Crippen molar-refractivity contribution in [2.75, 3.05) is 19.7 Å². The van der Waals surface area contributed by atoms with E-state index in [4.69, 9.17) is 4.74 Å². The van der Waals surface area contributed by atoms with Gasteiger partial charge >= 0.3 is 5.97 Å². The van der Waals surface area contributed by atoms with Crippen molar-refractivity contribution in [2.45, 2.75) is 13.3 Å². The molecular formula is C19H19N3O4. The van der Waals surface area contributed by atoms with Gasteiger partial charge in [-0.3, -0.25) is 14.6 Å². The number of para-hydroxylation sites is 1. The van der Waals surface area contributed by atoms with E-state index in [1.807, 2.05) is 24.3 Å². The molecule has 0 spiro atoms. The van der Waals surface area contributed by atoms with Gasteiger partial charge in [0, 0.05) is 25.2 Å². The third kappa shape index (κ3) is 2.60. The number of carboxylic acid groups (broad SMARTS) is 1. The molecule has 0 bridgehead atoms. The summed E-state index contributed by atoms with van der Waals surface area (Å²) in [4.78, 5) is 34.8. The zero-order valence-electron chi connectivity index (χ0n) is 14.4. The van der Waals surface area contributed by atoms with Gasteiger partial charge in [-0.1, -0.05) is 18.2 Å². The summed E-state index contributed by atoms with van der Waals surface area (Å²) in [6.45, 7) is 2.53. The molecule has 4 rings (SSSR count). The van der Waals surface area contributed by atoms with Crippen LogP contribution in [0.1, 0.15) is 21.7 Å². The maximum Gasteiger partial charge on any atom is 0.312 e. The van der Waals surface area contributed by atoms with Gasteiger partial charge in [-0.2, -0.15) is 0 Å². The number of nitrogens with zero attached hydrogens (tertiary/aromatic N) is 3. The molecule has 1 amide bonds. The summed E-state index contributed by atoms with van der Waals surface area (Å²) in [6, 6.07) is 7.49. The van der Waals surface area contributed by atoms with E-state index in [-0.39, 0.29) is 30.7 Å². The molecule has 2 aliphatic rings. The number of amides is 1. The molecule has 1 saturated heterocycles. The van der Waals surface area contributed by atoms with Gasteiger partial charge in [0.05, 0.1) is 23.9 Å². The average Bonchev–Trinajstić information content (AvgIpc) is 2.93. The summed E-state index contributed by atoms with van der Waals surface area (Å²) in [5.41, 5.74) is 0.760. The Morgan fingerprint density at radius 3 is 2.81 bits per heavy atom. The van der Waals surface area contributed by atoms with Gasteiger partial charge in [0.2, 0.25) is 0 Å². The molecule has 0 saturated carbocycles. The highest BCUT2D eigenvalue weighted by molar-refractivity contribution is 5.93. The molecule has 26 heavy (non-hydrogen) atoms. The van der Waals surface area contributed by atoms with Gasteiger partial charge in [-0.25, -0.2) is 4.98 Å². The minimum Gasteiger partial charge on any atom is -0.493 e. The van der Waals surface area contributed by atoms with Crippen LogP contribution in [-0.4, -0.2) is 51.5 Å². The monoisotopic (exact) mass is 353 g/mol. The summed E-state index contributed by atoms with van der Waals surface area (Å²) >= 11 is 0. The second-order valence-electron chi connectivity index (χ2n) is 6.98. The number of carbonyl (C=O) groups excluding carboxylic acids is 1. The van der Waals surface area contributed by atoms with E-state index in [0.717, 1.165) is 17.0 Å². The normalized spacial score (nSPS) is 24.2. The fraction of sp³-hybridized carbons (Fsp3) is 0.368. The highest BCUT2D eigenvalue weighted by atomic mass is 16.5. The minimum atomic E-state index is -1.06. The molecule has 0 aliphatic carbocycles. The molecule has 0 radical (unpaired) electrons. The molecular weight excluding hydrogens is 334 g/mol.